The third kappa shape index (κ3) is 2.43. The van der Waals surface area contributed by atoms with Crippen molar-refractivity contribution in [2.24, 2.45) is 61.3 Å². The van der Waals surface area contributed by atoms with Crippen LogP contribution in [0.15, 0.2) is 5.16 Å². The zero-order valence-corrected chi connectivity index (χ0v) is 22.7. The van der Waals surface area contributed by atoms with Crippen LogP contribution in [0.25, 0.3) is 0 Å². The highest BCUT2D eigenvalue weighted by molar-refractivity contribution is 5.90. The van der Waals surface area contributed by atoms with E-state index in [-0.39, 0.29) is 44.6 Å². The quantitative estimate of drug-likeness (QED) is 0.231. The van der Waals surface area contributed by atoms with Crippen molar-refractivity contribution in [1.82, 2.24) is 0 Å². The van der Waals surface area contributed by atoms with E-state index >= 15 is 0 Å². The summed E-state index contributed by atoms with van der Waals surface area (Å²) in [7, 11) is 0. The van der Waals surface area contributed by atoms with Crippen LogP contribution in [0.4, 0.5) is 0 Å². The van der Waals surface area contributed by atoms with Crippen LogP contribution in [0, 0.1) is 56.2 Å². The molecule has 0 aromatic heterocycles. The molecule has 34 heavy (non-hydrogen) atoms. The lowest BCUT2D eigenvalue weighted by molar-refractivity contribution is -0.235. The van der Waals surface area contributed by atoms with Gasteiger partial charge in [-0.1, -0.05) is 53.6 Å². The molecular weight excluding hydrogens is 422 g/mol. The molecule has 5 saturated carbocycles. The molecule has 2 bridgehead atoms. The average molecular weight is 470 g/mol. The van der Waals surface area contributed by atoms with Gasteiger partial charge in [-0.3, -0.25) is 4.79 Å². The Labute approximate surface area is 206 Å². The standard InChI is InChI=1S/C30H47NO3/c1-25(2)14-16-30-17-15-28(6)18(22(30)23(25)34-24(30)32)8-9-20-27(5)12-11-21(31-33)26(3,4)19(27)10-13-29(20,28)7/h18-20,22-23,33H,8-17H2,1-7H3/t18?,19?,20?,22?,23?,27-,28+,29+,30?/m0/s1. The lowest BCUT2D eigenvalue weighted by Gasteiger charge is -2.72. The number of hydrogen-bond donors (Lipinski definition) is 1. The van der Waals surface area contributed by atoms with E-state index in [2.05, 4.69) is 53.6 Å². The second kappa shape index (κ2) is 6.62. The molecule has 0 radical (unpaired) electrons. The van der Waals surface area contributed by atoms with Gasteiger partial charge >= 0.3 is 5.97 Å². The van der Waals surface area contributed by atoms with Crippen molar-refractivity contribution in [1.29, 1.82) is 0 Å². The minimum absolute atomic E-state index is 0.0375. The highest BCUT2D eigenvalue weighted by atomic mass is 16.6. The van der Waals surface area contributed by atoms with Crippen LogP contribution in [0.3, 0.4) is 0 Å². The molecular formula is C30H47NO3. The first-order valence-electron chi connectivity index (χ1n) is 14.2. The highest BCUT2D eigenvalue weighted by Gasteiger charge is 2.75. The van der Waals surface area contributed by atoms with Gasteiger partial charge in [-0.2, -0.15) is 0 Å². The maximum Gasteiger partial charge on any atom is 0.312 e. The van der Waals surface area contributed by atoms with Gasteiger partial charge in [0.25, 0.3) is 0 Å². The summed E-state index contributed by atoms with van der Waals surface area (Å²) in [5, 5.41) is 13.5. The van der Waals surface area contributed by atoms with E-state index in [1.807, 2.05) is 0 Å². The Kier molecular flexibility index (Phi) is 4.55. The first kappa shape index (κ1) is 23.3. The van der Waals surface area contributed by atoms with Crippen LogP contribution in [0.5, 0.6) is 0 Å². The van der Waals surface area contributed by atoms with Gasteiger partial charge in [0.15, 0.2) is 0 Å². The summed E-state index contributed by atoms with van der Waals surface area (Å²) in [5.41, 5.74) is 1.69. The molecule has 1 aliphatic heterocycles. The van der Waals surface area contributed by atoms with Crippen LogP contribution >= 0.6 is 0 Å². The Morgan fingerprint density at radius 3 is 2.24 bits per heavy atom. The van der Waals surface area contributed by atoms with Gasteiger partial charge in [0.2, 0.25) is 0 Å². The van der Waals surface area contributed by atoms with E-state index in [4.69, 9.17) is 4.74 Å². The van der Waals surface area contributed by atoms with Crippen molar-refractivity contribution in [2.75, 3.05) is 0 Å². The molecule has 0 aromatic carbocycles. The number of ether oxygens (including phenoxy) is 1. The Morgan fingerprint density at radius 2 is 1.53 bits per heavy atom. The van der Waals surface area contributed by atoms with E-state index in [0.29, 0.717) is 23.7 Å². The van der Waals surface area contributed by atoms with E-state index in [9.17, 15) is 10.0 Å². The zero-order chi connectivity index (χ0) is 24.5. The first-order chi connectivity index (χ1) is 15.8. The van der Waals surface area contributed by atoms with Crippen LogP contribution in [-0.2, 0) is 9.53 Å². The van der Waals surface area contributed by atoms with Crippen molar-refractivity contribution in [3.8, 4) is 0 Å². The second-order valence-corrected chi connectivity index (χ2v) is 15.4. The Hall–Kier alpha value is -1.06. The normalized spacial score (nSPS) is 56.0. The third-order valence-electron chi connectivity index (χ3n) is 14.0. The minimum Gasteiger partial charge on any atom is -0.461 e. The van der Waals surface area contributed by atoms with Crippen LogP contribution in [0.1, 0.15) is 113 Å². The molecule has 0 aromatic rings. The van der Waals surface area contributed by atoms with Crippen LogP contribution in [0.2, 0.25) is 0 Å². The number of oxime groups is 1. The number of esters is 1. The van der Waals surface area contributed by atoms with Crippen molar-refractivity contribution in [2.45, 2.75) is 119 Å². The summed E-state index contributed by atoms with van der Waals surface area (Å²) in [4.78, 5) is 13.4. The molecule has 6 unspecified atom stereocenters. The van der Waals surface area contributed by atoms with E-state index in [1.165, 1.54) is 32.1 Å². The Bertz CT molecular complexity index is 953. The smallest absolute Gasteiger partial charge is 0.312 e. The first-order valence-corrected chi connectivity index (χ1v) is 14.2. The second-order valence-electron chi connectivity index (χ2n) is 15.4. The monoisotopic (exact) mass is 469 g/mol. The van der Waals surface area contributed by atoms with Crippen molar-refractivity contribution in [3.05, 3.63) is 0 Å². The molecule has 1 saturated heterocycles. The van der Waals surface area contributed by atoms with E-state index in [1.54, 1.807) is 0 Å². The molecule has 6 fully saturated rings. The van der Waals surface area contributed by atoms with Gasteiger partial charge in [-0.05, 0) is 98.2 Å². The van der Waals surface area contributed by atoms with Crippen LogP contribution in [-0.4, -0.2) is 23.0 Å². The fourth-order valence-electron chi connectivity index (χ4n) is 11.8. The number of carbonyl (C=O) groups excluding carboxylic acids is 1. The van der Waals surface area contributed by atoms with Crippen LogP contribution < -0.4 is 0 Å². The summed E-state index contributed by atoms with van der Waals surface area (Å²) >= 11 is 0. The predicted octanol–water partition coefficient (Wildman–Crippen LogP) is 7.23. The van der Waals surface area contributed by atoms with Gasteiger partial charge in [0.1, 0.15) is 6.10 Å². The van der Waals surface area contributed by atoms with Gasteiger partial charge < -0.3 is 9.94 Å². The number of fused-ring (bicyclic) bond motifs is 5. The van der Waals surface area contributed by atoms with Crippen molar-refractivity contribution in [3.63, 3.8) is 0 Å². The third-order valence-corrected chi connectivity index (χ3v) is 14.0. The summed E-state index contributed by atoms with van der Waals surface area (Å²) in [5.74, 6) is 2.40. The van der Waals surface area contributed by atoms with E-state index in [0.717, 1.165) is 37.8 Å². The maximum absolute atomic E-state index is 13.4. The van der Waals surface area contributed by atoms with E-state index < -0.39 is 0 Å². The molecule has 9 atom stereocenters. The molecule has 1 heterocycles. The Balaban J connectivity index is 1.41. The van der Waals surface area contributed by atoms with Gasteiger partial charge in [-0.15, -0.1) is 0 Å². The molecule has 6 aliphatic rings. The number of carbonyl (C=O) groups is 1. The molecule has 5 aliphatic carbocycles. The summed E-state index contributed by atoms with van der Waals surface area (Å²) in [6.45, 7) is 17.2. The molecule has 1 N–H and O–H groups in total. The average Bonchev–Trinajstić information content (AvgIpc) is 3.01. The highest BCUT2D eigenvalue weighted by Crippen LogP contribution is 2.78. The summed E-state index contributed by atoms with van der Waals surface area (Å²) in [6, 6.07) is 0. The summed E-state index contributed by atoms with van der Waals surface area (Å²) < 4.78 is 6.28. The number of nitrogens with zero attached hydrogens (tertiary/aromatic N) is 1. The van der Waals surface area contributed by atoms with Crippen molar-refractivity contribution < 1.29 is 14.7 Å². The van der Waals surface area contributed by atoms with Gasteiger partial charge in [0.05, 0.1) is 11.1 Å². The lowest BCUT2D eigenvalue weighted by Crippen LogP contribution is -2.67. The molecule has 0 amide bonds. The largest absolute Gasteiger partial charge is 0.461 e. The Morgan fingerprint density at radius 1 is 0.824 bits per heavy atom. The molecule has 4 nitrogen and oxygen atoms in total. The number of hydrogen-bond acceptors (Lipinski definition) is 4. The topological polar surface area (TPSA) is 58.9 Å². The molecule has 190 valence electrons. The summed E-state index contributed by atoms with van der Waals surface area (Å²) in [6.07, 6.45) is 11.5. The van der Waals surface area contributed by atoms with Gasteiger partial charge in [0, 0.05) is 16.7 Å². The number of rotatable bonds is 0. The van der Waals surface area contributed by atoms with Gasteiger partial charge in [-0.25, -0.2) is 0 Å². The SMILES string of the molecule is CC1(C)CCC23CC[C@]4(C)C(CCC5[C@@]6(C)CCC(=NO)C(C)(C)C6CC[C@]54C)C2C1OC3=O. The maximum atomic E-state index is 13.4. The fourth-order valence-corrected chi connectivity index (χ4v) is 11.8. The molecule has 0 spiro atoms. The molecule has 6 rings (SSSR count). The minimum atomic E-state index is -0.200. The molecule has 4 heteroatoms. The predicted molar refractivity (Wildman–Crippen MR) is 134 cm³/mol. The zero-order valence-electron chi connectivity index (χ0n) is 22.7. The fraction of sp³-hybridized carbons (Fsp3) is 0.933. The van der Waals surface area contributed by atoms with Crippen molar-refractivity contribution >= 4 is 11.7 Å². The lowest BCUT2D eigenvalue weighted by atomic mass is 9.31.